The van der Waals surface area contributed by atoms with Crippen molar-refractivity contribution in [2.75, 3.05) is 5.73 Å². The molecule has 2 N–H and O–H groups in total. The molecule has 2 aromatic rings. The first kappa shape index (κ1) is 11.5. The molecule has 0 amide bonds. The van der Waals surface area contributed by atoms with Crippen LogP contribution in [0.1, 0.15) is 13.3 Å². The van der Waals surface area contributed by atoms with Crippen molar-refractivity contribution in [1.82, 2.24) is 20.2 Å². The molecule has 1 aliphatic carbocycles. The van der Waals surface area contributed by atoms with Crippen molar-refractivity contribution in [3.63, 3.8) is 0 Å². The van der Waals surface area contributed by atoms with Crippen LogP contribution in [0.2, 0.25) is 5.02 Å². The number of nitrogens with two attached hydrogens (primary N) is 1. The van der Waals surface area contributed by atoms with E-state index in [1.165, 1.54) is 6.42 Å². The predicted molar refractivity (Wildman–Crippen MR) is 69.9 cm³/mol. The van der Waals surface area contributed by atoms with Gasteiger partial charge in [0, 0.05) is 22.8 Å². The summed E-state index contributed by atoms with van der Waals surface area (Å²) in [7, 11) is 0. The Morgan fingerprint density at radius 2 is 2.22 bits per heavy atom. The zero-order chi connectivity index (χ0) is 12.7. The number of benzene rings is 1. The second-order valence-electron chi connectivity index (χ2n) is 4.93. The fourth-order valence-corrected chi connectivity index (χ4v) is 2.39. The molecule has 0 aliphatic heterocycles. The largest absolute Gasteiger partial charge is 0.399 e. The van der Waals surface area contributed by atoms with Crippen LogP contribution in [0.15, 0.2) is 18.2 Å². The summed E-state index contributed by atoms with van der Waals surface area (Å²) < 4.78 is 1.83. The Kier molecular flexibility index (Phi) is 2.70. The van der Waals surface area contributed by atoms with Gasteiger partial charge in [-0.15, -0.1) is 5.10 Å². The van der Waals surface area contributed by atoms with Crippen molar-refractivity contribution in [3.05, 3.63) is 23.2 Å². The van der Waals surface area contributed by atoms with Crippen LogP contribution in [-0.2, 0) is 6.54 Å². The molecule has 0 spiro atoms. The van der Waals surface area contributed by atoms with Crippen molar-refractivity contribution in [1.29, 1.82) is 0 Å². The van der Waals surface area contributed by atoms with Gasteiger partial charge in [0.05, 0.1) is 0 Å². The summed E-state index contributed by atoms with van der Waals surface area (Å²) in [6, 6.07) is 5.38. The highest BCUT2D eigenvalue weighted by Crippen LogP contribution is 2.39. The number of nitrogen functional groups attached to an aromatic ring is 1. The molecule has 18 heavy (non-hydrogen) atoms. The predicted octanol–water partition coefficient (Wildman–Crippen LogP) is 2.23. The van der Waals surface area contributed by atoms with E-state index in [2.05, 4.69) is 22.4 Å². The first-order valence-electron chi connectivity index (χ1n) is 5.96. The van der Waals surface area contributed by atoms with Crippen LogP contribution in [0.4, 0.5) is 5.69 Å². The number of rotatable bonds is 3. The molecule has 2 atom stereocenters. The number of aromatic nitrogens is 4. The zero-order valence-electron chi connectivity index (χ0n) is 10.0. The Morgan fingerprint density at radius 3 is 2.89 bits per heavy atom. The number of tetrazole rings is 1. The van der Waals surface area contributed by atoms with Crippen molar-refractivity contribution < 1.29 is 0 Å². The van der Waals surface area contributed by atoms with Crippen LogP contribution >= 0.6 is 11.6 Å². The third-order valence-corrected chi connectivity index (χ3v) is 3.61. The molecule has 2 unspecified atom stereocenters. The lowest BCUT2D eigenvalue weighted by Gasteiger charge is -2.05. The average molecular weight is 264 g/mol. The van der Waals surface area contributed by atoms with Crippen LogP contribution in [0.3, 0.4) is 0 Å². The summed E-state index contributed by atoms with van der Waals surface area (Å²) in [6.07, 6.45) is 1.25. The van der Waals surface area contributed by atoms with Crippen molar-refractivity contribution >= 4 is 17.3 Å². The topological polar surface area (TPSA) is 69.6 Å². The average Bonchev–Trinajstić information content (AvgIpc) is 2.81. The minimum atomic E-state index is 0.597. The van der Waals surface area contributed by atoms with Gasteiger partial charge in [0.2, 0.25) is 0 Å². The maximum Gasteiger partial charge on any atom is 0.182 e. The molecule has 0 saturated heterocycles. The third kappa shape index (κ3) is 2.18. The number of hydrogen-bond donors (Lipinski definition) is 1. The van der Waals surface area contributed by atoms with Gasteiger partial charge in [0.1, 0.15) is 0 Å². The van der Waals surface area contributed by atoms with Gasteiger partial charge < -0.3 is 5.73 Å². The lowest BCUT2D eigenvalue weighted by Crippen LogP contribution is -2.05. The van der Waals surface area contributed by atoms with Crippen molar-refractivity contribution in [2.24, 2.45) is 11.8 Å². The van der Waals surface area contributed by atoms with Gasteiger partial charge in [-0.2, -0.15) is 0 Å². The molecule has 0 bridgehead atoms. The molecule has 1 heterocycles. The molecular formula is C12H14ClN5. The third-order valence-electron chi connectivity index (χ3n) is 3.39. The van der Waals surface area contributed by atoms with E-state index >= 15 is 0 Å². The highest BCUT2D eigenvalue weighted by Gasteiger charge is 2.33. The van der Waals surface area contributed by atoms with Gasteiger partial charge in [-0.3, -0.25) is 0 Å². The smallest absolute Gasteiger partial charge is 0.182 e. The SMILES string of the molecule is CC1CC1Cn1nnnc1-c1cc(N)cc(Cl)c1. The Balaban J connectivity index is 1.93. The van der Waals surface area contributed by atoms with Gasteiger partial charge in [-0.1, -0.05) is 18.5 Å². The van der Waals surface area contributed by atoms with Crippen LogP contribution < -0.4 is 5.73 Å². The molecule has 1 aliphatic rings. The quantitative estimate of drug-likeness (QED) is 0.862. The van der Waals surface area contributed by atoms with E-state index in [1.54, 1.807) is 6.07 Å². The number of halogens is 1. The monoisotopic (exact) mass is 263 g/mol. The van der Waals surface area contributed by atoms with E-state index in [0.29, 0.717) is 16.6 Å². The Hall–Kier alpha value is -1.62. The fourth-order valence-electron chi connectivity index (χ4n) is 2.15. The first-order valence-corrected chi connectivity index (χ1v) is 6.34. The minimum Gasteiger partial charge on any atom is -0.399 e. The summed E-state index contributed by atoms with van der Waals surface area (Å²) in [4.78, 5) is 0. The lowest BCUT2D eigenvalue weighted by molar-refractivity contribution is 0.528. The van der Waals surface area contributed by atoms with E-state index < -0.39 is 0 Å². The van der Waals surface area contributed by atoms with E-state index in [1.807, 2.05) is 16.8 Å². The molecule has 1 saturated carbocycles. The number of hydrogen-bond acceptors (Lipinski definition) is 4. The highest BCUT2D eigenvalue weighted by atomic mass is 35.5. The van der Waals surface area contributed by atoms with Gasteiger partial charge in [-0.05, 0) is 46.9 Å². The maximum atomic E-state index is 6.00. The fraction of sp³-hybridized carbons (Fsp3) is 0.417. The van der Waals surface area contributed by atoms with Gasteiger partial charge >= 0.3 is 0 Å². The van der Waals surface area contributed by atoms with E-state index in [9.17, 15) is 0 Å². The van der Waals surface area contributed by atoms with Crippen LogP contribution in [0.5, 0.6) is 0 Å². The van der Waals surface area contributed by atoms with Crippen LogP contribution in [-0.4, -0.2) is 20.2 Å². The Bertz CT molecular complexity index is 559. The first-order chi connectivity index (χ1) is 8.63. The second kappa shape index (κ2) is 4.24. The Morgan fingerprint density at radius 1 is 1.44 bits per heavy atom. The summed E-state index contributed by atoms with van der Waals surface area (Å²) in [6.45, 7) is 3.10. The van der Waals surface area contributed by atoms with Gasteiger partial charge in [0.25, 0.3) is 0 Å². The maximum absolute atomic E-state index is 6.00. The molecule has 0 radical (unpaired) electrons. The van der Waals surface area contributed by atoms with Gasteiger partial charge in [-0.25, -0.2) is 4.68 Å². The van der Waals surface area contributed by atoms with Crippen molar-refractivity contribution in [3.8, 4) is 11.4 Å². The van der Waals surface area contributed by atoms with Crippen LogP contribution in [0, 0.1) is 11.8 Å². The van der Waals surface area contributed by atoms with E-state index in [-0.39, 0.29) is 0 Å². The highest BCUT2D eigenvalue weighted by molar-refractivity contribution is 6.31. The normalized spacial score (nSPS) is 22.1. The van der Waals surface area contributed by atoms with E-state index in [0.717, 1.165) is 23.9 Å². The lowest BCUT2D eigenvalue weighted by atomic mass is 10.2. The van der Waals surface area contributed by atoms with E-state index in [4.69, 9.17) is 17.3 Å². The molecule has 3 rings (SSSR count). The number of anilines is 1. The summed E-state index contributed by atoms with van der Waals surface area (Å²) >= 11 is 6.00. The number of nitrogens with zero attached hydrogens (tertiary/aromatic N) is 4. The van der Waals surface area contributed by atoms with Crippen molar-refractivity contribution in [2.45, 2.75) is 19.9 Å². The molecule has 5 nitrogen and oxygen atoms in total. The Labute approximate surface area is 110 Å². The molecule has 1 aromatic heterocycles. The summed E-state index contributed by atoms with van der Waals surface area (Å²) in [5.41, 5.74) is 7.27. The minimum absolute atomic E-state index is 0.597. The molecule has 1 aromatic carbocycles. The second-order valence-corrected chi connectivity index (χ2v) is 5.37. The molecule has 1 fully saturated rings. The molecule has 94 valence electrons. The van der Waals surface area contributed by atoms with Gasteiger partial charge in [0.15, 0.2) is 5.82 Å². The van der Waals surface area contributed by atoms with Crippen LogP contribution in [0.25, 0.3) is 11.4 Å². The summed E-state index contributed by atoms with van der Waals surface area (Å²) in [5.74, 6) is 2.18. The zero-order valence-corrected chi connectivity index (χ0v) is 10.8. The molecule has 6 heteroatoms. The molecular weight excluding hydrogens is 250 g/mol. The summed E-state index contributed by atoms with van der Waals surface area (Å²) in [5, 5.41) is 12.4. The standard InChI is InChI=1S/C12H14ClN5/c1-7-2-9(7)6-18-12(15-16-17-18)8-3-10(13)5-11(14)4-8/h3-5,7,9H,2,6,14H2,1H3.